The van der Waals surface area contributed by atoms with Crippen molar-refractivity contribution in [3.63, 3.8) is 0 Å². The van der Waals surface area contributed by atoms with Crippen molar-refractivity contribution in [1.82, 2.24) is 15.1 Å². The van der Waals surface area contributed by atoms with Crippen LogP contribution in [0.1, 0.15) is 40.4 Å². The molecule has 0 aliphatic heterocycles. The average Bonchev–Trinajstić information content (AvgIpc) is 3.16. The molecule has 3 aromatic carbocycles. The van der Waals surface area contributed by atoms with Crippen molar-refractivity contribution in [2.45, 2.75) is 39.3 Å². The first-order chi connectivity index (χ1) is 14.6. The second-order valence-electron chi connectivity index (χ2n) is 7.96. The van der Waals surface area contributed by atoms with Crippen LogP contribution in [0.2, 0.25) is 0 Å². The fourth-order valence-corrected chi connectivity index (χ4v) is 3.61. The monoisotopic (exact) mass is 397 g/mol. The lowest BCUT2D eigenvalue weighted by molar-refractivity contribution is 0.0938. The van der Waals surface area contributed by atoms with Crippen LogP contribution in [0.15, 0.2) is 79.0 Å². The van der Waals surface area contributed by atoms with E-state index >= 15 is 0 Å². The van der Waals surface area contributed by atoms with Gasteiger partial charge in [-0.3, -0.25) is 9.48 Å². The maximum atomic E-state index is 12.8. The third kappa shape index (κ3) is 4.77. The Morgan fingerprint density at radius 2 is 1.77 bits per heavy atom. The molecule has 1 unspecified atom stereocenters. The minimum atomic E-state index is -0.0412. The zero-order valence-electron chi connectivity index (χ0n) is 17.5. The topological polar surface area (TPSA) is 46.9 Å². The molecule has 4 aromatic rings. The van der Waals surface area contributed by atoms with E-state index in [9.17, 15) is 4.79 Å². The maximum Gasteiger partial charge on any atom is 0.251 e. The molecule has 4 nitrogen and oxygen atoms in total. The van der Waals surface area contributed by atoms with Crippen LogP contribution in [0.4, 0.5) is 0 Å². The Hall–Kier alpha value is -3.40. The summed E-state index contributed by atoms with van der Waals surface area (Å²) < 4.78 is 1.95. The van der Waals surface area contributed by atoms with Gasteiger partial charge in [-0.2, -0.15) is 5.10 Å². The molecule has 0 radical (unpaired) electrons. The Labute approximate surface area is 177 Å². The molecule has 1 amide bonds. The number of aromatic nitrogens is 2. The lowest BCUT2D eigenvalue weighted by atomic mass is 10.1. The van der Waals surface area contributed by atoms with E-state index in [0.717, 1.165) is 23.7 Å². The molecule has 0 bridgehead atoms. The van der Waals surface area contributed by atoms with Crippen molar-refractivity contribution in [3.8, 4) is 0 Å². The Bertz CT molecular complexity index is 1130. The molecule has 1 heterocycles. The van der Waals surface area contributed by atoms with Crippen LogP contribution in [0.25, 0.3) is 10.9 Å². The van der Waals surface area contributed by atoms with Gasteiger partial charge in [0.2, 0.25) is 0 Å². The Morgan fingerprint density at radius 1 is 1.00 bits per heavy atom. The SMILES string of the molecule is Cc1ccc(Cn2ncc3ccc(C(=O)NC(C)CCc4ccccc4)cc32)cc1. The average molecular weight is 398 g/mol. The zero-order valence-corrected chi connectivity index (χ0v) is 17.5. The van der Waals surface area contributed by atoms with E-state index in [-0.39, 0.29) is 11.9 Å². The standard InChI is InChI=1S/C26H27N3O/c1-19-8-11-22(12-9-19)18-29-25-16-23(14-15-24(25)17-27-29)26(30)28-20(2)10-13-21-6-4-3-5-7-21/h3-9,11-12,14-17,20H,10,13,18H2,1-2H3,(H,28,30). The number of carbonyl (C=O) groups excluding carboxylic acids is 1. The molecule has 4 heteroatoms. The van der Waals surface area contributed by atoms with Crippen LogP contribution < -0.4 is 5.32 Å². The summed E-state index contributed by atoms with van der Waals surface area (Å²) in [6.45, 7) is 4.82. The molecular weight excluding hydrogens is 370 g/mol. The summed E-state index contributed by atoms with van der Waals surface area (Å²) in [7, 11) is 0. The molecule has 1 N–H and O–H groups in total. The summed E-state index contributed by atoms with van der Waals surface area (Å²) in [5, 5.41) is 8.69. The first kappa shape index (κ1) is 19.9. The minimum Gasteiger partial charge on any atom is -0.350 e. The van der Waals surface area contributed by atoms with Crippen LogP contribution >= 0.6 is 0 Å². The largest absolute Gasteiger partial charge is 0.350 e. The molecule has 0 aliphatic carbocycles. The predicted octanol–water partition coefficient (Wildman–Crippen LogP) is 5.14. The van der Waals surface area contributed by atoms with E-state index in [1.54, 1.807) is 0 Å². The van der Waals surface area contributed by atoms with Crippen LogP contribution in [-0.4, -0.2) is 21.7 Å². The fraction of sp³-hybridized carbons (Fsp3) is 0.231. The maximum absolute atomic E-state index is 12.8. The molecule has 0 saturated heterocycles. The summed E-state index contributed by atoms with van der Waals surface area (Å²) >= 11 is 0. The molecule has 0 aliphatic rings. The highest BCUT2D eigenvalue weighted by atomic mass is 16.1. The van der Waals surface area contributed by atoms with Crippen LogP contribution in [0, 0.1) is 6.92 Å². The summed E-state index contributed by atoms with van der Waals surface area (Å²) in [5.41, 5.74) is 5.36. The first-order valence-electron chi connectivity index (χ1n) is 10.4. The third-order valence-corrected chi connectivity index (χ3v) is 5.45. The second-order valence-corrected chi connectivity index (χ2v) is 7.96. The molecule has 4 rings (SSSR count). The number of hydrogen-bond acceptors (Lipinski definition) is 2. The quantitative estimate of drug-likeness (QED) is 0.469. The van der Waals surface area contributed by atoms with Crippen LogP contribution in [0.5, 0.6) is 0 Å². The van der Waals surface area contributed by atoms with Crippen molar-refractivity contribution in [2.75, 3.05) is 0 Å². The summed E-state index contributed by atoms with van der Waals surface area (Å²) in [6.07, 6.45) is 3.71. The number of nitrogens with one attached hydrogen (secondary N) is 1. The number of rotatable bonds is 7. The third-order valence-electron chi connectivity index (χ3n) is 5.45. The van der Waals surface area contributed by atoms with Gasteiger partial charge in [-0.15, -0.1) is 0 Å². The van der Waals surface area contributed by atoms with Crippen molar-refractivity contribution < 1.29 is 4.79 Å². The van der Waals surface area contributed by atoms with Gasteiger partial charge in [-0.1, -0.05) is 66.2 Å². The van der Waals surface area contributed by atoms with Gasteiger partial charge in [-0.05, 0) is 49.9 Å². The minimum absolute atomic E-state index is 0.0412. The number of hydrogen-bond donors (Lipinski definition) is 1. The van der Waals surface area contributed by atoms with Gasteiger partial charge in [-0.25, -0.2) is 0 Å². The number of aryl methyl sites for hydroxylation is 2. The fourth-order valence-electron chi connectivity index (χ4n) is 3.61. The van der Waals surface area contributed by atoms with Gasteiger partial charge in [0, 0.05) is 17.0 Å². The summed E-state index contributed by atoms with van der Waals surface area (Å²) in [5.74, 6) is -0.0412. The highest BCUT2D eigenvalue weighted by Gasteiger charge is 2.12. The Morgan fingerprint density at radius 3 is 2.53 bits per heavy atom. The molecule has 152 valence electrons. The molecule has 1 atom stereocenters. The highest BCUT2D eigenvalue weighted by Crippen LogP contribution is 2.18. The van der Waals surface area contributed by atoms with Crippen molar-refractivity contribution in [3.05, 3.63) is 101 Å². The summed E-state index contributed by atoms with van der Waals surface area (Å²) in [6, 6.07) is 24.7. The van der Waals surface area contributed by atoms with E-state index in [2.05, 4.69) is 60.7 Å². The number of fused-ring (bicyclic) bond motifs is 1. The number of amides is 1. The van der Waals surface area contributed by atoms with Gasteiger partial charge in [0.1, 0.15) is 0 Å². The highest BCUT2D eigenvalue weighted by molar-refractivity contribution is 5.98. The van der Waals surface area contributed by atoms with E-state index < -0.39 is 0 Å². The molecule has 30 heavy (non-hydrogen) atoms. The lowest BCUT2D eigenvalue weighted by Gasteiger charge is -2.14. The normalized spacial score (nSPS) is 12.1. The van der Waals surface area contributed by atoms with Crippen LogP contribution in [0.3, 0.4) is 0 Å². The van der Waals surface area contributed by atoms with E-state index in [0.29, 0.717) is 12.1 Å². The van der Waals surface area contributed by atoms with Gasteiger partial charge in [0.25, 0.3) is 5.91 Å². The van der Waals surface area contributed by atoms with Crippen molar-refractivity contribution in [1.29, 1.82) is 0 Å². The summed E-state index contributed by atoms with van der Waals surface area (Å²) in [4.78, 5) is 12.8. The molecule has 0 spiro atoms. The number of nitrogens with zero attached hydrogens (tertiary/aromatic N) is 2. The van der Waals surface area contributed by atoms with E-state index in [1.165, 1.54) is 16.7 Å². The van der Waals surface area contributed by atoms with Crippen molar-refractivity contribution in [2.24, 2.45) is 0 Å². The van der Waals surface area contributed by atoms with E-state index in [4.69, 9.17) is 0 Å². The molecule has 0 saturated carbocycles. The molecule has 0 fully saturated rings. The van der Waals surface area contributed by atoms with Gasteiger partial charge < -0.3 is 5.32 Å². The van der Waals surface area contributed by atoms with Gasteiger partial charge in [0.15, 0.2) is 0 Å². The van der Waals surface area contributed by atoms with Gasteiger partial charge >= 0.3 is 0 Å². The van der Waals surface area contributed by atoms with Crippen LogP contribution in [-0.2, 0) is 13.0 Å². The Kier molecular flexibility index (Phi) is 5.94. The second kappa shape index (κ2) is 8.95. The smallest absolute Gasteiger partial charge is 0.251 e. The van der Waals surface area contributed by atoms with Crippen molar-refractivity contribution >= 4 is 16.8 Å². The lowest BCUT2D eigenvalue weighted by Crippen LogP contribution is -2.32. The van der Waals surface area contributed by atoms with E-state index in [1.807, 2.05) is 47.3 Å². The zero-order chi connectivity index (χ0) is 20.9. The molecule has 1 aromatic heterocycles. The number of benzene rings is 3. The number of carbonyl (C=O) groups is 1. The Balaban J connectivity index is 1.44. The first-order valence-corrected chi connectivity index (χ1v) is 10.4. The van der Waals surface area contributed by atoms with Gasteiger partial charge in [0.05, 0.1) is 18.3 Å². The molecular formula is C26H27N3O. The predicted molar refractivity (Wildman–Crippen MR) is 122 cm³/mol.